The van der Waals surface area contributed by atoms with Crippen LogP contribution in [0.1, 0.15) is 38.5 Å². The summed E-state index contributed by atoms with van der Waals surface area (Å²) in [5.74, 6) is 0.528. The summed E-state index contributed by atoms with van der Waals surface area (Å²) in [6.07, 6.45) is 3.86. The number of amides is 1. The van der Waals surface area contributed by atoms with E-state index in [1.165, 1.54) is 4.90 Å². The number of hydrogen-bond donors (Lipinski definition) is 0. The smallest absolute Gasteiger partial charge is 0.255 e. The maximum Gasteiger partial charge on any atom is 0.255 e. The summed E-state index contributed by atoms with van der Waals surface area (Å²) in [5, 5.41) is 0. The highest BCUT2D eigenvalue weighted by atomic mass is 32.2. The number of rotatable bonds is 6. The van der Waals surface area contributed by atoms with E-state index < -0.39 is 28.8 Å². The van der Waals surface area contributed by atoms with E-state index in [1.54, 1.807) is 6.08 Å². The third-order valence-corrected chi connectivity index (χ3v) is 6.69. The summed E-state index contributed by atoms with van der Waals surface area (Å²) in [6, 6.07) is -0.393. The highest BCUT2D eigenvalue weighted by Crippen LogP contribution is 2.48. The topological polar surface area (TPSA) is 54.5 Å². The maximum absolute atomic E-state index is 12.9. The SMILES string of the molecule is O=C(C=C(C1CC1)C1CC1)N(CC(F)F)C1CCS(=O)(=O)CC1. The van der Waals surface area contributed by atoms with Gasteiger partial charge in [-0.3, -0.25) is 4.79 Å². The molecule has 130 valence electrons. The summed E-state index contributed by atoms with van der Waals surface area (Å²) in [7, 11) is -3.07. The standard InChI is InChI=1S/C16H23F2NO3S/c17-15(18)10-19(13-5-7-23(21,22)8-6-13)16(20)9-14(11-1-2-11)12-3-4-12/h9,11-13,15H,1-8,10H2. The predicted octanol–water partition coefficient (Wildman–Crippen LogP) is 2.40. The zero-order valence-corrected chi connectivity index (χ0v) is 13.9. The van der Waals surface area contributed by atoms with Crippen LogP contribution in [-0.4, -0.2) is 49.7 Å². The number of allylic oxidation sites excluding steroid dienone is 1. The zero-order valence-electron chi connectivity index (χ0n) is 13.1. The summed E-state index contributed by atoms with van der Waals surface area (Å²) < 4.78 is 48.8. The lowest BCUT2D eigenvalue weighted by atomic mass is 10.0. The fraction of sp³-hybridized carbons (Fsp3) is 0.812. The van der Waals surface area contributed by atoms with Crippen molar-refractivity contribution in [1.29, 1.82) is 0 Å². The molecule has 0 radical (unpaired) electrons. The quantitative estimate of drug-likeness (QED) is 0.694. The lowest BCUT2D eigenvalue weighted by Crippen LogP contribution is -2.46. The Kier molecular flexibility index (Phi) is 4.76. The monoisotopic (exact) mass is 347 g/mol. The molecule has 7 heteroatoms. The van der Waals surface area contributed by atoms with Gasteiger partial charge in [0, 0.05) is 12.1 Å². The molecular weight excluding hydrogens is 324 g/mol. The van der Waals surface area contributed by atoms with E-state index in [1.807, 2.05) is 0 Å². The Bertz CT molecular complexity index is 566. The molecule has 3 aliphatic rings. The van der Waals surface area contributed by atoms with Gasteiger partial charge >= 0.3 is 0 Å². The summed E-state index contributed by atoms with van der Waals surface area (Å²) in [6.45, 7) is -0.608. The van der Waals surface area contributed by atoms with Crippen LogP contribution in [0.2, 0.25) is 0 Å². The van der Waals surface area contributed by atoms with Gasteiger partial charge < -0.3 is 4.90 Å². The van der Waals surface area contributed by atoms with Crippen molar-refractivity contribution in [2.24, 2.45) is 11.8 Å². The number of halogens is 2. The van der Waals surface area contributed by atoms with Crippen LogP contribution < -0.4 is 0 Å². The molecule has 0 aromatic rings. The van der Waals surface area contributed by atoms with E-state index in [0.717, 1.165) is 31.3 Å². The Labute approximate surface area is 135 Å². The summed E-state index contributed by atoms with van der Waals surface area (Å²) in [5.41, 5.74) is 1.14. The van der Waals surface area contributed by atoms with Gasteiger partial charge in [0.25, 0.3) is 6.43 Å². The first-order valence-electron chi connectivity index (χ1n) is 8.36. The van der Waals surface area contributed by atoms with E-state index in [9.17, 15) is 22.0 Å². The zero-order chi connectivity index (χ0) is 16.6. The van der Waals surface area contributed by atoms with Gasteiger partial charge in [-0.15, -0.1) is 0 Å². The van der Waals surface area contributed by atoms with E-state index in [-0.39, 0.29) is 30.3 Å². The van der Waals surface area contributed by atoms with Crippen molar-refractivity contribution >= 4 is 15.7 Å². The van der Waals surface area contributed by atoms with Gasteiger partial charge in [-0.05, 0) is 50.4 Å². The molecule has 3 rings (SSSR count). The van der Waals surface area contributed by atoms with Crippen LogP contribution in [0, 0.1) is 11.8 Å². The second kappa shape index (κ2) is 6.49. The molecule has 23 heavy (non-hydrogen) atoms. The van der Waals surface area contributed by atoms with Crippen molar-refractivity contribution in [3.8, 4) is 0 Å². The first kappa shape index (κ1) is 16.9. The number of carbonyl (C=O) groups excluding carboxylic acids is 1. The van der Waals surface area contributed by atoms with Gasteiger partial charge in [0.05, 0.1) is 18.1 Å². The van der Waals surface area contributed by atoms with Crippen molar-refractivity contribution < 1.29 is 22.0 Å². The molecule has 1 heterocycles. The van der Waals surface area contributed by atoms with Gasteiger partial charge in [0.1, 0.15) is 9.84 Å². The number of nitrogens with zero attached hydrogens (tertiary/aromatic N) is 1. The minimum Gasteiger partial charge on any atom is -0.330 e. The lowest BCUT2D eigenvalue weighted by molar-refractivity contribution is -0.130. The second-order valence-electron chi connectivity index (χ2n) is 6.96. The Morgan fingerprint density at radius 3 is 2.00 bits per heavy atom. The summed E-state index contributed by atoms with van der Waals surface area (Å²) in [4.78, 5) is 13.8. The molecular formula is C16H23F2NO3S. The second-order valence-corrected chi connectivity index (χ2v) is 9.26. The molecule has 0 atom stereocenters. The van der Waals surface area contributed by atoms with Crippen LogP contribution in [-0.2, 0) is 14.6 Å². The van der Waals surface area contributed by atoms with Gasteiger partial charge in [0.15, 0.2) is 0 Å². The van der Waals surface area contributed by atoms with Crippen LogP contribution >= 0.6 is 0 Å². The van der Waals surface area contributed by atoms with Gasteiger partial charge in [0.2, 0.25) is 5.91 Å². The van der Waals surface area contributed by atoms with E-state index in [4.69, 9.17) is 0 Å². The molecule has 0 unspecified atom stereocenters. The number of alkyl halides is 2. The molecule has 1 saturated heterocycles. The highest BCUT2D eigenvalue weighted by molar-refractivity contribution is 7.91. The van der Waals surface area contributed by atoms with Gasteiger partial charge in [-0.1, -0.05) is 5.57 Å². The van der Waals surface area contributed by atoms with Crippen molar-refractivity contribution in [1.82, 2.24) is 4.90 Å². The minimum atomic E-state index is -3.07. The molecule has 1 aliphatic heterocycles. The fourth-order valence-electron chi connectivity index (χ4n) is 3.38. The molecule has 0 spiro atoms. The molecule has 2 saturated carbocycles. The highest BCUT2D eigenvalue weighted by Gasteiger charge is 2.38. The molecule has 3 fully saturated rings. The van der Waals surface area contributed by atoms with E-state index in [2.05, 4.69) is 0 Å². The summed E-state index contributed by atoms with van der Waals surface area (Å²) >= 11 is 0. The molecule has 4 nitrogen and oxygen atoms in total. The van der Waals surface area contributed by atoms with Crippen LogP contribution in [0.5, 0.6) is 0 Å². The van der Waals surface area contributed by atoms with Crippen molar-refractivity contribution in [3.63, 3.8) is 0 Å². The van der Waals surface area contributed by atoms with Crippen molar-refractivity contribution in [3.05, 3.63) is 11.6 Å². The number of carbonyl (C=O) groups is 1. The normalized spacial score (nSPS) is 24.5. The van der Waals surface area contributed by atoms with E-state index >= 15 is 0 Å². The minimum absolute atomic E-state index is 0.0213. The maximum atomic E-state index is 12.9. The van der Waals surface area contributed by atoms with Crippen LogP contribution in [0.3, 0.4) is 0 Å². The van der Waals surface area contributed by atoms with Crippen LogP contribution in [0.25, 0.3) is 0 Å². The Balaban J connectivity index is 1.72. The molecule has 0 aromatic heterocycles. The van der Waals surface area contributed by atoms with Gasteiger partial charge in [-0.2, -0.15) is 0 Å². The van der Waals surface area contributed by atoms with Gasteiger partial charge in [-0.25, -0.2) is 17.2 Å². The lowest BCUT2D eigenvalue weighted by Gasteiger charge is -2.33. The first-order valence-corrected chi connectivity index (χ1v) is 10.2. The van der Waals surface area contributed by atoms with E-state index in [0.29, 0.717) is 11.8 Å². The molecule has 2 aliphatic carbocycles. The van der Waals surface area contributed by atoms with Crippen LogP contribution in [0.4, 0.5) is 8.78 Å². The predicted molar refractivity (Wildman–Crippen MR) is 82.9 cm³/mol. The molecule has 0 aromatic carbocycles. The molecule has 1 amide bonds. The Morgan fingerprint density at radius 2 is 1.57 bits per heavy atom. The van der Waals surface area contributed by atoms with Crippen LogP contribution in [0.15, 0.2) is 11.6 Å². The third kappa shape index (κ3) is 4.52. The third-order valence-electron chi connectivity index (χ3n) is 4.97. The first-order chi connectivity index (χ1) is 10.9. The average molecular weight is 347 g/mol. The largest absolute Gasteiger partial charge is 0.330 e. The fourth-order valence-corrected chi connectivity index (χ4v) is 4.85. The number of hydrogen-bond acceptors (Lipinski definition) is 3. The molecule has 0 N–H and O–H groups in total. The van der Waals surface area contributed by atoms with Crippen molar-refractivity contribution in [2.75, 3.05) is 18.1 Å². The Hall–Kier alpha value is -0.980. The molecule has 0 bridgehead atoms. The number of sulfone groups is 1. The Morgan fingerprint density at radius 1 is 1.04 bits per heavy atom. The average Bonchev–Trinajstić information content (AvgIpc) is 3.36. The van der Waals surface area contributed by atoms with Crippen molar-refractivity contribution in [2.45, 2.75) is 51.0 Å².